The van der Waals surface area contributed by atoms with Crippen molar-refractivity contribution in [2.45, 2.75) is 13.0 Å². The number of ether oxygens (including phenoxy) is 2. The number of hydrogen-bond acceptors (Lipinski definition) is 4. The predicted octanol–water partition coefficient (Wildman–Crippen LogP) is 1.71. The van der Waals surface area contributed by atoms with Crippen LogP contribution in [0, 0.1) is 0 Å². The van der Waals surface area contributed by atoms with Gasteiger partial charge in [-0.1, -0.05) is 29.8 Å². The maximum absolute atomic E-state index is 11.4. The summed E-state index contributed by atoms with van der Waals surface area (Å²) in [6, 6.07) is 7.15. The van der Waals surface area contributed by atoms with E-state index in [1.165, 1.54) is 7.11 Å². The maximum atomic E-state index is 11.4. The molecule has 0 heterocycles. The van der Waals surface area contributed by atoms with Crippen molar-refractivity contribution in [1.82, 2.24) is 5.32 Å². The highest BCUT2D eigenvalue weighted by molar-refractivity contribution is 6.32. The molecule has 0 bridgehead atoms. The highest BCUT2D eigenvalue weighted by Crippen LogP contribution is 2.24. The van der Waals surface area contributed by atoms with Crippen LogP contribution in [0.3, 0.4) is 0 Å². The Morgan fingerprint density at radius 1 is 1.37 bits per heavy atom. The third-order valence-corrected chi connectivity index (χ3v) is 2.79. The molecule has 0 aliphatic carbocycles. The molecule has 1 rings (SSSR count). The van der Waals surface area contributed by atoms with E-state index in [1.54, 1.807) is 25.1 Å². The van der Waals surface area contributed by atoms with Crippen LogP contribution in [0.5, 0.6) is 0 Å². The van der Waals surface area contributed by atoms with E-state index >= 15 is 0 Å². The summed E-state index contributed by atoms with van der Waals surface area (Å²) < 4.78 is 9.84. The fourth-order valence-corrected chi connectivity index (χ4v) is 1.77. The molecule has 6 heteroatoms. The van der Waals surface area contributed by atoms with Crippen LogP contribution in [-0.4, -0.2) is 32.1 Å². The first-order valence-electron chi connectivity index (χ1n) is 5.82. The Morgan fingerprint density at radius 2 is 2.05 bits per heavy atom. The molecule has 0 aliphatic heterocycles. The van der Waals surface area contributed by atoms with E-state index in [0.29, 0.717) is 5.02 Å². The molecule has 0 spiro atoms. The Bertz CT molecular complexity index is 450. The van der Waals surface area contributed by atoms with E-state index in [0.717, 1.165) is 5.56 Å². The van der Waals surface area contributed by atoms with Crippen molar-refractivity contribution in [3.63, 3.8) is 0 Å². The summed E-state index contributed by atoms with van der Waals surface area (Å²) in [6.45, 7) is 1.93. The van der Waals surface area contributed by atoms with E-state index < -0.39 is 18.0 Å². The number of nitrogens with one attached hydrogen (secondary N) is 1. The van der Waals surface area contributed by atoms with Gasteiger partial charge in [-0.25, -0.2) is 4.79 Å². The molecule has 1 amide bonds. The predicted molar refractivity (Wildman–Crippen MR) is 70.8 cm³/mol. The highest BCUT2D eigenvalue weighted by atomic mass is 35.5. The lowest BCUT2D eigenvalue weighted by Crippen LogP contribution is -2.35. The van der Waals surface area contributed by atoms with Crippen LogP contribution in [0.1, 0.15) is 18.6 Å². The number of rotatable bonds is 5. The van der Waals surface area contributed by atoms with Crippen LogP contribution in [0.4, 0.5) is 0 Å². The molecule has 104 valence electrons. The number of hydrogen-bond donors (Lipinski definition) is 1. The molecule has 0 saturated carbocycles. The SMILES string of the molecule is CCOC(=O)C(=O)NCC(OC)c1ccccc1Cl. The molecular formula is C13H16ClNO4. The molecule has 0 saturated heterocycles. The van der Waals surface area contributed by atoms with Crippen molar-refractivity contribution >= 4 is 23.5 Å². The molecule has 1 atom stereocenters. The van der Waals surface area contributed by atoms with E-state index in [4.69, 9.17) is 16.3 Å². The van der Waals surface area contributed by atoms with Crippen LogP contribution in [0.25, 0.3) is 0 Å². The summed E-state index contributed by atoms with van der Waals surface area (Å²) in [5, 5.41) is 2.99. The van der Waals surface area contributed by atoms with Crippen LogP contribution in [0.15, 0.2) is 24.3 Å². The normalized spacial score (nSPS) is 11.7. The Hall–Kier alpha value is -1.59. The van der Waals surface area contributed by atoms with Gasteiger partial charge in [0.05, 0.1) is 6.61 Å². The van der Waals surface area contributed by atoms with Gasteiger partial charge in [0.25, 0.3) is 0 Å². The smallest absolute Gasteiger partial charge is 0.396 e. The monoisotopic (exact) mass is 285 g/mol. The second kappa shape index (κ2) is 7.76. The zero-order chi connectivity index (χ0) is 14.3. The fraction of sp³-hybridized carbons (Fsp3) is 0.385. The number of halogens is 1. The zero-order valence-corrected chi connectivity index (χ0v) is 11.6. The third-order valence-electron chi connectivity index (χ3n) is 2.45. The number of carbonyl (C=O) groups excluding carboxylic acids is 2. The maximum Gasteiger partial charge on any atom is 0.396 e. The summed E-state index contributed by atoms with van der Waals surface area (Å²) >= 11 is 6.04. The first-order chi connectivity index (χ1) is 9.10. The lowest BCUT2D eigenvalue weighted by Gasteiger charge is -2.17. The molecular weight excluding hydrogens is 270 g/mol. The number of methoxy groups -OCH3 is 1. The second-order valence-electron chi connectivity index (χ2n) is 3.68. The Kier molecular flexibility index (Phi) is 6.32. The molecule has 0 aromatic heterocycles. The lowest BCUT2D eigenvalue weighted by atomic mass is 10.1. The Balaban J connectivity index is 2.62. The Labute approximate surface area is 116 Å². The quantitative estimate of drug-likeness (QED) is 0.661. The average molecular weight is 286 g/mol. The van der Waals surface area contributed by atoms with E-state index in [2.05, 4.69) is 10.1 Å². The van der Waals surface area contributed by atoms with Crippen molar-refractivity contribution in [3.05, 3.63) is 34.9 Å². The zero-order valence-electron chi connectivity index (χ0n) is 10.8. The summed E-state index contributed by atoms with van der Waals surface area (Å²) in [6.07, 6.45) is -0.424. The standard InChI is InChI=1S/C13H16ClNO4/c1-3-19-13(17)12(16)15-8-11(18-2)9-6-4-5-7-10(9)14/h4-7,11H,3,8H2,1-2H3,(H,15,16). The fourth-order valence-electron chi connectivity index (χ4n) is 1.51. The molecule has 5 nitrogen and oxygen atoms in total. The van der Waals surface area contributed by atoms with Crippen molar-refractivity contribution in [3.8, 4) is 0 Å². The molecule has 19 heavy (non-hydrogen) atoms. The van der Waals surface area contributed by atoms with Crippen LogP contribution >= 0.6 is 11.6 Å². The summed E-state index contributed by atoms with van der Waals surface area (Å²) in [7, 11) is 1.50. The van der Waals surface area contributed by atoms with Gasteiger partial charge in [0, 0.05) is 24.2 Å². The van der Waals surface area contributed by atoms with Gasteiger partial charge in [0.15, 0.2) is 0 Å². The van der Waals surface area contributed by atoms with E-state index in [-0.39, 0.29) is 13.2 Å². The van der Waals surface area contributed by atoms with Gasteiger partial charge >= 0.3 is 11.9 Å². The van der Waals surface area contributed by atoms with Crippen LogP contribution in [0.2, 0.25) is 5.02 Å². The second-order valence-corrected chi connectivity index (χ2v) is 4.08. The Morgan fingerprint density at radius 3 is 2.63 bits per heavy atom. The van der Waals surface area contributed by atoms with Gasteiger partial charge < -0.3 is 14.8 Å². The number of benzene rings is 1. The van der Waals surface area contributed by atoms with Gasteiger partial charge in [0.1, 0.15) is 6.10 Å². The first kappa shape index (κ1) is 15.5. The van der Waals surface area contributed by atoms with Gasteiger partial charge in [0.2, 0.25) is 0 Å². The van der Waals surface area contributed by atoms with E-state index in [9.17, 15) is 9.59 Å². The van der Waals surface area contributed by atoms with Crippen molar-refractivity contribution in [2.75, 3.05) is 20.3 Å². The van der Waals surface area contributed by atoms with Gasteiger partial charge in [-0.2, -0.15) is 0 Å². The van der Waals surface area contributed by atoms with Crippen molar-refractivity contribution in [1.29, 1.82) is 0 Å². The minimum Gasteiger partial charge on any atom is -0.459 e. The molecule has 1 unspecified atom stereocenters. The van der Waals surface area contributed by atoms with Crippen molar-refractivity contribution in [2.24, 2.45) is 0 Å². The molecule has 1 N–H and O–H groups in total. The molecule has 0 aliphatic rings. The van der Waals surface area contributed by atoms with Gasteiger partial charge in [-0.15, -0.1) is 0 Å². The minimum atomic E-state index is -0.906. The largest absolute Gasteiger partial charge is 0.459 e. The minimum absolute atomic E-state index is 0.137. The highest BCUT2D eigenvalue weighted by Gasteiger charge is 2.19. The molecule has 0 radical (unpaired) electrons. The van der Waals surface area contributed by atoms with Crippen LogP contribution < -0.4 is 5.32 Å². The number of esters is 1. The summed E-state index contributed by atoms with van der Waals surface area (Å²) in [5.41, 5.74) is 0.746. The summed E-state index contributed by atoms with van der Waals surface area (Å²) in [5.74, 6) is -1.70. The number of carbonyl (C=O) groups is 2. The summed E-state index contributed by atoms with van der Waals surface area (Å²) in [4.78, 5) is 22.5. The first-order valence-corrected chi connectivity index (χ1v) is 6.20. The average Bonchev–Trinajstić information content (AvgIpc) is 2.41. The van der Waals surface area contributed by atoms with Crippen molar-refractivity contribution < 1.29 is 19.1 Å². The van der Waals surface area contributed by atoms with Crippen LogP contribution in [-0.2, 0) is 19.1 Å². The van der Waals surface area contributed by atoms with E-state index in [1.807, 2.05) is 6.07 Å². The molecule has 0 fully saturated rings. The third kappa shape index (κ3) is 4.54. The number of amides is 1. The van der Waals surface area contributed by atoms with Gasteiger partial charge in [-0.05, 0) is 13.0 Å². The molecule has 1 aromatic carbocycles. The lowest BCUT2D eigenvalue weighted by molar-refractivity contribution is -0.154. The topological polar surface area (TPSA) is 64.6 Å². The molecule has 1 aromatic rings. The van der Waals surface area contributed by atoms with Gasteiger partial charge in [-0.3, -0.25) is 4.79 Å².